The fraction of sp³-hybridized carbons (Fsp3) is 0.133. The molecule has 0 aliphatic heterocycles. The van der Waals surface area contributed by atoms with Gasteiger partial charge in [-0.25, -0.2) is 0 Å². The Morgan fingerprint density at radius 1 is 1.00 bits per heavy atom. The van der Waals surface area contributed by atoms with Crippen LogP contribution in [0, 0.1) is 13.8 Å². The van der Waals surface area contributed by atoms with E-state index in [1.807, 2.05) is 50.2 Å². The summed E-state index contributed by atoms with van der Waals surface area (Å²) in [6.07, 6.45) is 0.888. The number of rotatable bonds is 2. The normalized spacial score (nSPS) is 10.3. The van der Waals surface area contributed by atoms with E-state index >= 15 is 0 Å². The predicted molar refractivity (Wildman–Crippen MR) is 71.7 cm³/mol. The highest BCUT2D eigenvalue weighted by molar-refractivity contribution is 6.31. The van der Waals surface area contributed by atoms with Crippen LogP contribution in [0.4, 0.5) is 0 Å². The van der Waals surface area contributed by atoms with Crippen molar-refractivity contribution in [3.8, 4) is 11.1 Å². The van der Waals surface area contributed by atoms with Gasteiger partial charge in [0.15, 0.2) is 6.29 Å². The zero-order valence-electron chi connectivity index (χ0n) is 9.83. The van der Waals surface area contributed by atoms with Crippen LogP contribution in [0.2, 0.25) is 5.02 Å². The fourth-order valence-electron chi connectivity index (χ4n) is 1.92. The first-order valence-corrected chi connectivity index (χ1v) is 5.82. The molecule has 0 fully saturated rings. The second kappa shape index (κ2) is 4.72. The summed E-state index contributed by atoms with van der Waals surface area (Å²) in [6.45, 7) is 3.97. The molecule has 0 atom stereocenters. The zero-order valence-corrected chi connectivity index (χ0v) is 10.6. The fourth-order valence-corrected chi connectivity index (χ4v) is 2.13. The van der Waals surface area contributed by atoms with Crippen molar-refractivity contribution in [3.05, 3.63) is 58.1 Å². The van der Waals surface area contributed by atoms with Gasteiger partial charge in [0.25, 0.3) is 0 Å². The number of aldehydes is 1. The zero-order chi connectivity index (χ0) is 12.4. The second-order valence-corrected chi connectivity index (χ2v) is 4.53. The summed E-state index contributed by atoms with van der Waals surface area (Å²) in [5.74, 6) is 0. The lowest BCUT2D eigenvalue weighted by atomic mass is 9.95. The summed E-state index contributed by atoms with van der Waals surface area (Å²) < 4.78 is 0. The maximum absolute atomic E-state index is 11.0. The van der Waals surface area contributed by atoms with Gasteiger partial charge in [-0.3, -0.25) is 4.79 Å². The molecule has 2 aromatic carbocycles. The molecule has 0 unspecified atom stereocenters. The number of hydrogen-bond acceptors (Lipinski definition) is 1. The van der Waals surface area contributed by atoms with Gasteiger partial charge in [-0.1, -0.05) is 35.9 Å². The minimum Gasteiger partial charge on any atom is -0.298 e. The number of carbonyl (C=O) groups excluding carboxylic acids is 1. The van der Waals surface area contributed by atoms with Gasteiger partial charge in [-0.05, 0) is 48.2 Å². The Kier molecular flexibility index (Phi) is 3.30. The van der Waals surface area contributed by atoms with Crippen molar-refractivity contribution in [3.63, 3.8) is 0 Å². The second-order valence-electron chi connectivity index (χ2n) is 4.12. The molecular weight excluding hydrogens is 232 g/mol. The number of hydrogen-bond donors (Lipinski definition) is 0. The Morgan fingerprint density at radius 2 is 1.71 bits per heavy atom. The van der Waals surface area contributed by atoms with Crippen LogP contribution in [0.3, 0.4) is 0 Å². The molecule has 2 heteroatoms. The van der Waals surface area contributed by atoms with Gasteiger partial charge in [0.1, 0.15) is 0 Å². The highest BCUT2D eigenvalue weighted by Gasteiger charge is 2.08. The van der Waals surface area contributed by atoms with Crippen molar-refractivity contribution in [1.29, 1.82) is 0 Å². The van der Waals surface area contributed by atoms with Crippen LogP contribution in [0.1, 0.15) is 21.5 Å². The average molecular weight is 245 g/mol. The van der Waals surface area contributed by atoms with Crippen LogP contribution in [0.5, 0.6) is 0 Å². The Balaban J connectivity index is 2.68. The Labute approximate surface area is 106 Å². The first kappa shape index (κ1) is 11.9. The van der Waals surface area contributed by atoms with E-state index in [0.29, 0.717) is 5.56 Å². The molecule has 17 heavy (non-hydrogen) atoms. The minimum atomic E-state index is 0.706. The first-order chi connectivity index (χ1) is 8.13. The molecule has 0 spiro atoms. The third kappa shape index (κ3) is 2.25. The van der Waals surface area contributed by atoms with E-state index < -0.39 is 0 Å². The molecule has 0 aliphatic carbocycles. The molecule has 0 saturated carbocycles. The van der Waals surface area contributed by atoms with E-state index in [2.05, 4.69) is 0 Å². The third-order valence-corrected chi connectivity index (χ3v) is 3.29. The van der Waals surface area contributed by atoms with Crippen molar-refractivity contribution in [2.75, 3.05) is 0 Å². The summed E-state index contributed by atoms with van der Waals surface area (Å²) in [6, 6.07) is 11.6. The summed E-state index contributed by atoms with van der Waals surface area (Å²) >= 11 is 6.08. The van der Waals surface area contributed by atoms with Crippen LogP contribution < -0.4 is 0 Å². The van der Waals surface area contributed by atoms with Gasteiger partial charge in [0.05, 0.1) is 0 Å². The van der Waals surface area contributed by atoms with E-state index in [-0.39, 0.29) is 0 Å². The first-order valence-electron chi connectivity index (χ1n) is 5.45. The van der Waals surface area contributed by atoms with E-state index in [4.69, 9.17) is 11.6 Å². The maximum Gasteiger partial charge on any atom is 0.150 e. The van der Waals surface area contributed by atoms with Gasteiger partial charge < -0.3 is 0 Å². The number of benzene rings is 2. The lowest BCUT2D eigenvalue weighted by Crippen LogP contribution is -1.91. The lowest BCUT2D eigenvalue weighted by molar-refractivity contribution is 0.112. The molecule has 0 aliphatic rings. The lowest BCUT2D eigenvalue weighted by Gasteiger charge is -2.10. The monoisotopic (exact) mass is 244 g/mol. The van der Waals surface area contributed by atoms with Crippen molar-refractivity contribution in [1.82, 2.24) is 0 Å². The van der Waals surface area contributed by atoms with E-state index in [0.717, 1.165) is 33.6 Å². The molecule has 0 bridgehead atoms. The van der Waals surface area contributed by atoms with Crippen molar-refractivity contribution in [2.45, 2.75) is 13.8 Å². The van der Waals surface area contributed by atoms with Crippen LogP contribution in [-0.4, -0.2) is 6.29 Å². The number of halogens is 1. The predicted octanol–water partition coefficient (Wildman–Crippen LogP) is 4.44. The van der Waals surface area contributed by atoms with E-state index in [1.165, 1.54) is 0 Å². The third-order valence-electron chi connectivity index (χ3n) is 2.88. The average Bonchev–Trinajstić information content (AvgIpc) is 2.34. The van der Waals surface area contributed by atoms with Crippen LogP contribution in [-0.2, 0) is 0 Å². The van der Waals surface area contributed by atoms with Gasteiger partial charge in [0, 0.05) is 10.6 Å². The van der Waals surface area contributed by atoms with E-state index in [1.54, 1.807) is 0 Å². The number of carbonyl (C=O) groups is 1. The molecule has 0 aromatic heterocycles. The molecule has 1 nitrogen and oxygen atoms in total. The summed E-state index contributed by atoms with van der Waals surface area (Å²) in [5.41, 5.74) is 4.83. The molecule has 2 rings (SSSR count). The Morgan fingerprint density at radius 3 is 2.41 bits per heavy atom. The van der Waals surface area contributed by atoms with Crippen LogP contribution in [0.25, 0.3) is 11.1 Å². The van der Waals surface area contributed by atoms with Crippen molar-refractivity contribution in [2.24, 2.45) is 0 Å². The molecule has 0 saturated heterocycles. The summed E-state index contributed by atoms with van der Waals surface area (Å²) in [7, 11) is 0. The topological polar surface area (TPSA) is 17.1 Å². The maximum atomic E-state index is 11.0. The summed E-state index contributed by atoms with van der Waals surface area (Å²) in [4.78, 5) is 11.0. The molecule has 86 valence electrons. The van der Waals surface area contributed by atoms with Gasteiger partial charge in [-0.15, -0.1) is 0 Å². The standard InChI is InChI=1S/C15H13ClO/c1-10-8-15(16)11(2)7-14(10)13-6-4-3-5-12(13)9-17/h3-9H,1-2H3. The molecular formula is C15H13ClO. The SMILES string of the molecule is Cc1cc(-c2ccccc2C=O)c(C)cc1Cl. The molecule has 2 aromatic rings. The van der Waals surface area contributed by atoms with Crippen LogP contribution in [0.15, 0.2) is 36.4 Å². The molecule has 0 heterocycles. The highest BCUT2D eigenvalue weighted by atomic mass is 35.5. The highest BCUT2D eigenvalue weighted by Crippen LogP contribution is 2.30. The summed E-state index contributed by atoms with van der Waals surface area (Å²) in [5, 5.41) is 0.759. The largest absolute Gasteiger partial charge is 0.298 e. The molecule has 0 radical (unpaired) electrons. The van der Waals surface area contributed by atoms with Gasteiger partial charge in [0.2, 0.25) is 0 Å². The Bertz CT molecular complexity index is 573. The number of aryl methyl sites for hydroxylation is 2. The van der Waals surface area contributed by atoms with Crippen LogP contribution >= 0.6 is 11.6 Å². The van der Waals surface area contributed by atoms with Gasteiger partial charge in [-0.2, -0.15) is 0 Å². The van der Waals surface area contributed by atoms with E-state index in [9.17, 15) is 4.79 Å². The van der Waals surface area contributed by atoms with Gasteiger partial charge >= 0.3 is 0 Å². The van der Waals surface area contributed by atoms with Crippen molar-refractivity contribution < 1.29 is 4.79 Å². The molecule has 0 amide bonds. The minimum absolute atomic E-state index is 0.706. The van der Waals surface area contributed by atoms with Crippen molar-refractivity contribution >= 4 is 17.9 Å². The Hall–Kier alpha value is -1.60. The smallest absolute Gasteiger partial charge is 0.150 e. The molecule has 0 N–H and O–H groups in total. The quantitative estimate of drug-likeness (QED) is 0.714.